The molecule has 0 aliphatic heterocycles. The maximum atomic E-state index is 10.2. The third-order valence-electron chi connectivity index (χ3n) is 4.80. The van der Waals surface area contributed by atoms with Gasteiger partial charge in [0.05, 0.1) is 0 Å². The molecule has 0 aliphatic rings. The van der Waals surface area contributed by atoms with Gasteiger partial charge in [0.2, 0.25) is 0 Å². The molecule has 1 radical (unpaired) electrons. The van der Waals surface area contributed by atoms with E-state index in [4.69, 9.17) is 4.98 Å². The second kappa shape index (κ2) is 8.10. The van der Waals surface area contributed by atoms with Gasteiger partial charge in [-0.2, -0.15) is 5.52 Å². The molecule has 1 N–H and O–H groups in total. The summed E-state index contributed by atoms with van der Waals surface area (Å²) in [6, 6.07) is 30.8. The van der Waals surface area contributed by atoms with Crippen LogP contribution in [0.4, 0.5) is 0 Å². The standard InChI is InChI=1S/C25H16N2O.Au/c28-24-13-2-1-10-21(24)23-16-19-9-6-11-20(25(19)27-23)17-7-5-8-18(15-17)22-12-3-4-14-26-22;/h1-14,16,28H;/q-2;. The van der Waals surface area contributed by atoms with Crippen molar-refractivity contribution < 1.29 is 27.5 Å². The van der Waals surface area contributed by atoms with Gasteiger partial charge in [-0.1, -0.05) is 65.7 Å². The first-order valence-corrected chi connectivity index (χ1v) is 9.08. The number of nitrogens with zero attached hydrogens (tertiary/aromatic N) is 2. The van der Waals surface area contributed by atoms with Crippen molar-refractivity contribution in [3.05, 3.63) is 97.2 Å². The summed E-state index contributed by atoms with van der Waals surface area (Å²) in [5, 5.41) is 11.2. The van der Waals surface area contributed by atoms with Crippen LogP contribution in [-0.2, 0) is 22.4 Å². The number of phenols is 1. The Morgan fingerprint density at radius 1 is 0.759 bits per heavy atom. The largest absolute Gasteiger partial charge is 0.663 e. The average Bonchev–Trinajstić information content (AvgIpc) is 3.19. The number of hydrogen-bond donors (Lipinski definition) is 1. The third-order valence-corrected chi connectivity index (χ3v) is 4.80. The molecule has 0 fully saturated rings. The Bertz CT molecular complexity index is 1280. The van der Waals surface area contributed by atoms with E-state index in [1.54, 1.807) is 12.3 Å². The minimum Gasteiger partial charge on any atom is -0.663 e. The van der Waals surface area contributed by atoms with E-state index in [1.165, 1.54) is 0 Å². The molecule has 0 bridgehead atoms. The summed E-state index contributed by atoms with van der Waals surface area (Å²) in [7, 11) is 0. The Morgan fingerprint density at radius 3 is 2.34 bits per heavy atom. The molecule has 0 atom stereocenters. The minimum absolute atomic E-state index is 0. The number of rotatable bonds is 3. The maximum Gasteiger partial charge on any atom is 0.121 e. The van der Waals surface area contributed by atoms with Crippen molar-refractivity contribution in [1.29, 1.82) is 0 Å². The maximum absolute atomic E-state index is 10.2. The van der Waals surface area contributed by atoms with Crippen LogP contribution < -0.4 is 4.98 Å². The fourth-order valence-corrected chi connectivity index (χ4v) is 3.45. The Balaban J connectivity index is 0.00000205. The van der Waals surface area contributed by atoms with Gasteiger partial charge in [0.25, 0.3) is 0 Å². The Morgan fingerprint density at radius 2 is 1.52 bits per heavy atom. The molecule has 0 spiro atoms. The van der Waals surface area contributed by atoms with Crippen molar-refractivity contribution in [2.24, 2.45) is 0 Å². The number of phenolic OH excluding ortho intramolecular Hbond substituents is 1. The molecule has 0 amide bonds. The fourth-order valence-electron chi connectivity index (χ4n) is 3.45. The predicted molar refractivity (Wildman–Crippen MR) is 112 cm³/mol. The molecule has 5 aromatic rings. The molecule has 145 valence electrons. The molecule has 3 aromatic carbocycles. The number of para-hydroxylation sites is 2. The Kier molecular flexibility index (Phi) is 5.36. The van der Waals surface area contributed by atoms with E-state index in [1.807, 2.05) is 72.8 Å². The quantitative estimate of drug-likeness (QED) is 0.229. The Hall–Kier alpha value is -3.11. The summed E-state index contributed by atoms with van der Waals surface area (Å²) in [6.45, 7) is 0. The molecular formula is C25H16AuN2O-2. The van der Waals surface area contributed by atoms with Gasteiger partial charge < -0.3 is 10.1 Å². The van der Waals surface area contributed by atoms with Crippen molar-refractivity contribution in [2.45, 2.75) is 0 Å². The summed E-state index contributed by atoms with van der Waals surface area (Å²) in [6.07, 6.45) is 1.79. The molecule has 0 saturated heterocycles. The smallest absolute Gasteiger partial charge is 0.121 e. The number of aromatic nitrogens is 2. The van der Waals surface area contributed by atoms with Crippen LogP contribution in [0.15, 0.2) is 91.1 Å². The first-order chi connectivity index (χ1) is 13.8. The van der Waals surface area contributed by atoms with Crippen LogP contribution in [-0.4, -0.2) is 10.1 Å². The summed E-state index contributed by atoms with van der Waals surface area (Å²) in [5.41, 5.74) is 6.21. The van der Waals surface area contributed by atoms with E-state index in [0.717, 1.165) is 44.5 Å². The van der Waals surface area contributed by atoms with Crippen molar-refractivity contribution in [1.82, 2.24) is 9.97 Å². The number of hydrogen-bond acceptors (Lipinski definition) is 2. The number of aromatic hydroxyl groups is 1. The normalized spacial score (nSPS) is 10.6. The molecule has 4 heteroatoms. The van der Waals surface area contributed by atoms with E-state index in [0.29, 0.717) is 0 Å². The second-order valence-corrected chi connectivity index (χ2v) is 6.60. The molecular weight excluding hydrogens is 541 g/mol. The van der Waals surface area contributed by atoms with Crippen molar-refractivity contribution in [3.63, 3.8) is 0 Å². The summed E-state index contributed by atoms with van der Waals surface area (Å²) < 4.78 is 0. The predicted octanol–water partition coefficient (Wildman–Crippen LogP) is 5.70. The molecule has 0 saturated carbocycles. The van der Waals surface area contributed by atoms with Gasteiger partial charge in [0, 0.05) is 39.8 Å². The first-order valence-electron chi connectivity index (χ1n) is 9.08. The van der Waals surface area contributed by atoms with Gasteiger partial charge in [-0.15, -0.1) is 35.5 Å². The van der Waals surface area contributed by atoms with Crippen molar-refractivity contribution >= 4 is 10.9 Å². The van der Waals surface area contributed by atoms with Crippen LogP contribution in [0.2, 0.25) is 0 Å². The fraction of sp³-hybridized carbons (Fsp3) is 0. The van der Waals surface area contributed by atoms with Crippen LogP contribution in [0.25, 0.3) is 44.5 Å². The van der Waals surface area contributed by atoms with Gasteiger partial charge in [-0.05, 0) is 17.5 Å². The number of benzene rings is 3. The first kappa shape index (κ1) is 19.2. The number of pyridine rings is 1. The summed E-state index contributed by atoms with van der Waals surface area (Å²) in [4.78, 5) is 9.25. The molecule has 5 rings (SSSR count). The van der Waals surface area contributed by atoms with Crippen molar-refractivity contribution in [3.8, 4) is 39.4 Å². The molecule has 29 heavy (non-hydrogen) atoms. The SMILES string of the molecule is Oc1ccccc1-c1cc2cccc(-c3[c-]c(-c4ccccn4)ccc3)c2[n-]1.[Au]. The molecule has 0 aliphatic carbocycles. The average molecular weight is 557 g/mol. The topological polar surface area (TPSA) is 47.2 Å². The molecule has 2 heterocycles. The van der Waals surface area contributed by atoms with E-state index in [2.05, 4.69) is 17.1 Å². The molecule has 2 aromatic heterocycles. The molecule has 3 nitrogen and oxygen atoms in total. The molecule has 0 unspecified atom stereocenters. The zero-order valence-electron chi connectivity index (χ0n) is 15.3. The zero-order chi connectivity index (χ0) is 18.9. The minimum atomic E-state index is 0. The number of fused-ring (bicyclic) bond motifs is 1. The van der Waals surface area contributed by atoms with Crippen LogP contribution in [0.5, 0.6) is 5.75 Å². The summed E-state index contributed by atoms with van der Waals surface area (Å²) in [5.74, 6) is 0.232. The third kappa shape index (κ3) is 3.64. The van der Waals surface area contributed by atoms with Gasteiger partial charge in [0.15, 0.2) is 0 Å². The van der Waals surface area contributed by atoms with E-state index in [9.17, 15) is 5.11 Å². The van der Waals surface area contributed by atoms with Crippen molar-refractivity contribution in [2.75, 3.05) is 0 Å². The zero-order valence-corrected chi connectivity index (χ0v) is 17.5. The summed E-state index contributed by atoms with van der Waals surface area (Å²) >= 11 is 0. The van der Waals surface area contributed by atoms with Gasteiger partial charge >= 0.3 is 0 Å². The van der Waals surface area contributed by atoms with Crippen LogP contribution >= 0.6 is 0 Å². The second-order valence-electron chi connectivity index (χ2n) is 6.60. The van der Waals surface area contributed by atoms with Crippen LogP contribution in [0.1, 0.15) is 0 Å². The monoisotopic (exact) mass is 557 g/mol. The van der Waals surface area contributed by atoms with Gasteiger partial charge in [-0.25, -0.2) is 0 Å². The van der Waals surface area contributed by atoms with Crippen LogP contribution in [0, 0.1) is 6.07 Å². The van der Waals surface area contributed by atoms with E-state index in [-0.39, 0.29) is 28.1 Å². The van der Waals surface area contributed by atoms with Gasteiger partial charge in [-0.3, -0.25) is 4.98 Å². The Labute approximate surface area is 184 Å². The van der Waals surface area contributed by atoms with Crippen LogP contribution in [0.3, 0.4) is 0 Å². The van der Waals surface area contributed by atoms with Gasteiger partial charge in [0.1, 0.15) is 5.75 Å². The van der Waals surface area contributed by atoms with E-state index < -0.39 is 0 Å². The van der Waals surface area contributed by atoms with E-state index >= 15 is 0 Å².